The normalized spacial score (nSPS) is 10.8. The first-order valence-electron chi connectivity index (χ1n) is 4.58. The number of carbonyl (C=O) groups is 2. The fourth-order valence-corrected chi connectivity index (χ4v) is 0.633. The fraction of sp³-hybridized carbons (Fsp3) is 0.600. The minimum absolute atomic E-state index is 0.146. The maximum Gasteiger partial charge on any atom is 0.344 e. The van der Waals surface area contributed by atoms with Crippen LogP contribution in [0.1, 0.15) is 20.3 Å². The Kier molecular flexibility index (Phi) is 5.63. The van der Waals surface area contributed by atoms with Crippen molar-refractivity contribution >= 4 is 11.9 Å². The number of rotatable bonds is 6. The van der Waals surface area contributed by atoms with E-state index in [1.165, 1.54) is 6.92 Å². The second-order valence-corrected chi connectivity index (χ2v) is 3.40. The quantitative estimate of drug-likeness (QED) is 0.520. The van der Waals surface area contributed by atoms with Crippen LogP contribution in [0.2, 0.25) is 0 Å². The molecule has 0 aliphatic carbocycles. The first kappa shape index (κ1) is 14.5. The Morgan fingerprint density at radius 1 is 1.31 bits per heavy atom. The third-order valence-corrected chi connectivity index (χ3v) is 1.47. The number of ether oxygens (including phenoxy) is 2. The molecule has 6 heteroatoms. The molecule has 0 spiro atoms. The van der Waals surface area contributed by atoms with Gasteiger partial charge in [0.25, 0.3) is 0 Å². The Morgan fingerprint density at radius 2 is 1.88 bits per heavy atom. The van der Waals surface area contributed by atoms with Crippen molar-refractivity contribution in [3.8, 4) is 0 Å². The second-order valence-electron chi connectivity index (χ2n) is 3.40. The molecule has 0 amide bonds. The van der Waals surface area contributed by atoms with Crippen molar-refractivity contribution in [1.29, 1.82) is 0 Å². The van der Waals surface area contributed by atoms with Gasteiger partial charge in [0.1, 0.15) is 0 Å². The molecule has 0 aliphatic heterocycles. The molecule has 0 aromatic carbocycles. The highest BCUT2D eigenvalue weighted by Gasteiger charge is 2.21. The monoisotopic (exact) mass is 236 g/mol. The number of hydrogen-bond donors (Lipinski definition) is 0. The summed E-state index contributed by atoms with van der Waals surface area (Å²) in [5.41, 5.74) is 0.146. The van der Waals surface area contributed by atoms with Crippen LogP contribution in [0.4, 0.5) is 8.78 Å². The van der Waals surface area contributed by atoms with Gasteiger partial charge in [-0.2, -0.15) is 0 Å². The molecule has 92 valence electrons. The van der Waals surface area contributed by atoms with Crippen molar-refractivity contribution in [2.45, 2.75) is 26.2 Å². The maximum absolute atomic E-state index is 12.3. The van der Waals surface area contributed by atoms with E-state index < -0.39 is 37.5 Å². The average molecular weight is 236 g/mol. The highest BCUT2D eigenvalue weighted by molar-refractivity contribution is 5.88. The van der Waals surface area contributed by atoms with E-state index in [-0.39, 0.29) is 5.57 Å². The number of alkyl halides is 2. The van der Waals surface area contributed by atoms with Crippen LogP contribution in [0.15, 0.2) is 12.2 Å². The van der Waals surface area contributed by atoms with Crippen LogP contribution in [-0.2, 0) is 19.1 Å². The lowest BCUT2D eigenvalue weighted by atomic mass is 10.3. The van der Waals surface area contributed by atoms with E-state index in [4.69, 9.17) is 0 Å². The standard InChI is InChI=1S/C10H14F2O4/c1-7(2)9(14)16-6-8(13)15-5-4-10(3,11)12/h1,4-6H2,2-3H3. The summed E-state index contributed by atoms with van der Waals surface area (Å²) in [5.74, 6) is -4.47. The van der Waals surface area contributed by atoms with Crippen molar-refractivity contribution in [2.75, 3.05) is 13.2 Å². The molecule has 0 rings (SSSR count). The van der Waals surface area contributed by atoms with Gasteiger partial charge in [-0.05, 0) is 13.8 Å². The Hall–Kier alpha value is -1.46. The molecule has 0 heterocycles. The maximum atomic E-state index is 12.3. The third-order valence-electron chi connectivity index (χ3n) is 1.47. The van der Waals surface area contributed by atoms with Crippen molar-refractivity contribution in [3.05, 3.63) is 12.2 Å². The summed E-state index contributed by atoms with van der Waals surface area (Å²) in [7, 11) is 0. The van der Waals surface area contributed by atoms with E-state index >= 15 is 0 Å². The van der Waals surface area contributed by atoms with Crippen molar-refractivity contribution in [1.82, 2.24) is 0 Å². The smallest absolute Gasteiger partial charge is 0.344 e. The van der Waals surface area contributed by atoms with Gasteiger partial charge < -0.3 is 9.47 Å². The van der Waals surface area contributed by atoms with Crippen LogP contribution in [0.25, 0.3) is 0 Å². The van der Waals surface area contributed by atoms with Gasteiger partial charge in [-0.3, -0.25) is 0 Å². The highest BCUT2D eigenvalue weighted by Crippen LogP contribution is 2.15. The van der Waals surface area contributed by atoms with Crippen LogP contribution >= 0.6 is 0 Å². The van der Waals surface area contributed by atoms with Gasteiger partial charge in [-0.15, -0.1) is 0 Å². The Labute approximate surface area is 92.2 Å². The molecule has 0 bridgehead atoms. The molecular formula is C10H14F2O4. The molecule has 0 fully saturated rings. The van der Waals surface area contributed by atoms with Crippen molar-refractivity contribution < 1.29 is 27.8 Å². The average Bonchev–Trinajstić information content (AvgIpc) is 2.11. The van der Waals surface area contributed by atoms with Gasteiger partial charge in [-0.1, -0.05) is 6.58 Å². The van der Waals surface area contributed by atoms with Gasteiger partial charge in [0.05, 0.1) is 6.61 Å². The molecular weight excluding hydrogens is 222 g/mol. The van der Waals surface area contributed by atoms with E-state index in [0.717, 1.165) is 6.92 Å². The Bertz CT molecular complexity index is 281. The lowest BCUT2D eigenvalue weighted by Gasteiger charge is -2.10. The molecule has 0 aromatic rings. The van der Waals surface area contributed by atoms with Crippen molar-refractivity contribution in [2.24, 2.45) is 0 Å². The molecule has 0 atom stereocenters. The summed E-state index contributed by atoms with van der Waals surface area (Å²) in [5, 5.41) is 0. The number of carbonyl (C=O) groups excluding carboxylic acids is 2. The van der Waals surface area contributed by atoms with E-state index in [9.17, 15) is 18.4 Å². The molecule has 0 saturated heterocycles. The summed E-state index contributed by atoms with van der Waals surface area (Å²) >= 11 is 0. The van der Waals surface area contributed by atoms with Gasteiger partial charge in [0, 0.05) is 12.0 Å². The topological polar surface area (TPSA) is 52.6 Å². The molecule has 4 nitrogen and oxygen atoms in total. The molecule has 16 heavy (non-hydrogen) atoms. The first-order valence-corrected chi connectivity index (χ1v) is 4.58. The summed E-state index contributed by atoms with van der Waals surface area (Å²) in [6, 6.07) is 0. The predicted molar refractivity (Wildman–Crippen MR) is 52.0 cm³/mol. The van der Waals surface area contributed by atoms with Crippen LogP contribution in [0.5, 0.6) is 0 Å². The third kappa shape index (κ3) is 7.90. The van der Waals surface area contributed by atoms with Crippen LogP contribution in [0.3, 0.4) is 0 Å². The molecule has 0 radical (unpaired) electrons. The fourth-order valence-electron chi connectivity index (χ4n) is 0.633. The minimum atomic E-state index is -2.88. The number of hydrogen-bond acceptors (Lipinski definition) is 4. The van der Waals surface area contributed by atoms with E-state index in [0.29, 0.717) is 0 Å². The predicted octanol–water partition coefficient (Wildman–Crippen LogP) is 1.69. The minimum Gasteiger partial charge on any atom is -0.463 e. The van der Waals surface area contributed by atoms with E-state index in [1.54, 1.807) is 0 Å². The van der Waals surface area contributed by atoms with Gasteiger partial charge in [-0.25, -0.2) is 18.4 Å². The lowest BCUT2D eigenvalue weighted by molar-refractivity contribution is -0.157. The van der Waals surface area contributed by atoms with Crippen molar-refractivity contribution in [3.63, 3.8) is 0 Å². The summed E-state index contributed by atoms with van der Waals surface area (Å²) in [6.45, 7) is 4.44. The zero-order chi connectivity index (χ0) is 12.8. The molecule has 0 saturated carbocycles. The molecule has 0 aromatic heterocycles. The van der Waals surface area contributed by atoms with Crippen LogP contribution in [0, 0.1) is 0 Å². The van der Waals surface area contributed by atoms with E-state index in [2.05, 4.69) is 16.1 Å². The second kappa shape index (κ2) is 6.19. The summed E-state index contributed by atoms with van der Waals surface area (Å²) in [4.78, 5) is 21.7. The zero-order valence-electron chi connectivity index (χ0n) is 9.22. The SMILES string of the molecule is C=C(C)C(=O)OCC(=O)OCCC(C)(F)F. The molecule has 0 unspecified atom stereocenters. The van der Waals surface area contributed by atoms with Crippen LogP contribution < -0.4 is 0 Å². The number of halogens is 2. The zero-order valence-corrected chi connectivity index (χ0v) is 9.22. The Balaban J connectivity index is 3.68. The number of esters is 2. The van der Waals surface area contributed by atoms with E-state index in [1.807, 2.05) is 0 Å². The summed E-state index contributed by atoms with van der Waals surface area (Å²) in [6.07, 6.45) is -0.562. The Morgan fingerprint density at radius 3 is 2.31 bits per heavy atom. The highest BCUT2D eigenvalue weighted by atomic mass is 19.3. The first-order chi connectivity index (χ1) is 7.22. The molecule has 0 aliphatic rings. The largest absolute Gasteiger partial charge is 0.463 e. The van der Waals surface area contributed by atoms with Gasteiger partial charge in [0.15, 0.2) is 6.61 Å². The summed E-state index contributed by atoms with van der Waals surface area (Å²) < 4.78 is 33.5. The molecule has 0 N–H and O–H groups in total. The van der Waals surface area contributed by atoms with Gasteiger partial charge >= 0.3 is 11.9 Å². The van der Waals surface area contributed by atoms with Crippen LogP contribution in [-0.4, -0.2) is 31.1 Å². The lowest BCUT2D eigenvalue weighted by Crippen LogP contribution is -2.20. The van der Waals surface area contributed by atoms with Gasteiger partial charge in [0.2, 0.25) is 5.92 Å².